The van der Waals surface area contributed by atoms with Gasteiger partial charge in [-0.2, -0.15) is 0 Å². The van der Waals surface area contributed by atoms with Crippen LogP contribution in [-0.2, 0) is 0 Å². The summed E-state index contributed by atoms with van der Waals surface area (Å²) in [6.07, 6.45) is 4.82. The van der Waals surface area contributed by atoms with Crippen molar-refractivity contribution in [2.24, 2.45) is 5.73 Å². The Morgan fingerprint density at radius 2 is 2.00 bits per heavy atom. The molecule has 1 aromatic carbocycles. The Labute approximate surface area is 129 Å². The van der Waals surface area contributed by atoms with E-state index in [4.69, 9.17) is 29.6 Å². The van der Waals surface area contributed by atoms with E-state index in [9.17, 15) is 4.79 Å². The molecule has 1 amide bonds. The molecule has 1 aromatic rings. The number of nitrogens with one attached hydrogen (secondary N) is 1. The summed E-state index contributed by atoms with van der Waals surface area (Å²) in [5, 5.41) is 3.47. The fraction of sp³-hybridized carbons (Fsp3) is 0.467. The average Bonchev–Trinajstić information content (AvgIpc) is 2.39. The molecule has 0 heterocycles. The Bertz CT molecular complexity index is 539. The summed E-state index contributed by atoms with van der Waals surface area (Å²) >= 11 is 11.3. The smallest absolute Gasteiger partial charge is 0.253 e. The first kappa shape index (κ1) is 15.3. The summed E-state index contributed by atoms with van der Waals surface area (Å²) in [5.74, 6) is -0.204. The van der Waals surface area contributed by atoms with E-state index in [1.807, 2.05) is 13.0 Å². The number of benzene rings is 1. The highest BCUT2D eigenvalue weighted by atomic mass is 35.5. The molecule has 0 aromatic heterocycles. The molecule has 0 spiro atoms. The van der Waals surface area contributed by atoms with Crippen LogP contribution in [-0.4, -0.2) is 16.4 Å². The number of carbonyl (C=O) groups excluding carboxylic acids is 1. The Morgan fingerprint density at radius 1 is 1.35 bits per heavy atom. The van der Waals surface area contributed by atoms with Gasteiger partial charge < -0.3 is 11.1 Å². The van der Waals surface area contributed by atoms with Crippen LogP contribution in [0.5, 0.6) is 0 Å². The van der Waals surface area contributed by atoms with E-state index in [0.717, 1.165) is 37.7 Å². The third kappa shape index (κ3) is 3.13. The molecule has 5 heteroatoms. The van der Waals surface area contributed by atoms with Crippen molar-refractivity contribution < 1.29 is 4.79 Å². The predicted octanol–water partition coefficient (Wildman–Crippen LogP) is 3.37. The van der Waals surface area contributed by atoms with Crippen LogP contribution < -0.4 is 11.1 Å². The number of hydrogen-bond acceptors (Lipinski definition) is 2. The van der Waals surface area contributed by atoms with Crippen molar-refractivity contribution in [3.8, 4) is 0 Å². The largest absolute Gasteiger partial charge is 0.391 e. The van der Waals surface area contributed by atoms with Crippen molar-refractivity contribution in [2.45, 2.75) is 44.6 Å². The van der Waals surface area contributed by atoms with Crippen LogP contribution in [0.1, 0.15) is 48.0 Å². The maximum Gasteiger partial charge on any atom is 0.253 e. The van der Waals surface area contributed by atoms with Crippen molar-refractivity contribution in [2.75, 3.05) is 0 Å². The molecule has 1 aliphatic rings. The van der Waals surface area contributed by atoms with Gasteiger partial charge in [0.15, 0.2) is 0 Å². The first-order chi connectivity index (χ1) is 9.44. The molecular formula is C15H19ClN2OS. The molecule has 2 rings (SSSR count). The second kappa shape index (κ2) is 6.10. The van der Waals surface area contributed by atoms with E-state index in [1.165, 1.54) is 0 Å². The normalized spacial score (nSPS) is 17.5. The number of halogens is 1. The summed E-state index contributed by atoms with van der Waals surface area (Å²) in [7, 11) is 0. The summed E-state index contributed by atoms with van der Waals surface area (Å²) in [5.41, 5.74) is 6.81. The van der Waals surface area contributed by atoms with Gasteiger partial charge in [0, 0.05) is 0 Å². The Morgan fingerprint density at radius 3 is 2.55 bits per heavy atom. The molecule has 1 fully saturated rings. The lowest BCUT2D eigenvalue weighted by molar-refractivity contribution is 0.0908. The number of amides is 1. The number of nitrogens with two attached hydrogens (primary N) is 1. The standard InChI is InChI=1S/C15H19ClN2OS/c1-10-5-6-11(12(16)9-10)13(19)18-15(14(17)20)7-3-2-4-8-15/h5-6,9H,2-4,7-8H2,1H3,(H2,17,20)(H,18,19). The van der Waals surface area contributed by atoms with Crippen LogP contribution in [0.2, 0.25) is 5.02 Å². The number of rotatable bonds is 3. The Balaban J connectivity index is 2.22. The van der Waals surface area contributed by atoms with Gasteiger partial charge in [0.1, 0.15) is 0 Å². The van der Waals surface area contributed by atoms with Gasteiger partial charge in [-0.15, -0.1) is 0 Å². The van der Waals surface area contributed by atoms with E-state index >= 15 is 0 Å². The third-order valence-electron chi connectivity index (χ3n) is 3.90. The lowest BCUT2D eigenvalue weighted by atomic mass is 9.81. The van der Waals surface area contributed by atoms with Gasteiger partial charge in [0.25, 0.3) is 5.91 Å². The monoisotopic (exact) mass is 310 g/mol. The predicted molar refractivity (Wildman–Crippen MR) is 86.3 cm³/mol. The summed E-state index contributed by atoms with van der Waals surface area (Å²) in [6.45, 7) is 1.94. The fourth-order valence-corrected chi connectivity index (χ4v) is 3.25. The van der Waals surface area contributed by atoms with Crippen LogP contribution in [0.15, 0.2) is 18.2 Å². The minimum atomic E-state index is -0.557. The zero-order chi connectivity index (χ0) is 14.8. The Hall–Kier alpha value is -1.13. The number of carbonyl (C=O) groups is 1. The zero-order valence-corrected chi connectivity index (χ0v) is 13.1. The van der Waals surface area contributed by atoms with Gasteiger partial charge >= 0.3 is 0 Å². The van der Waals surface area contributed by atoms with Crippen LogP contribution in [0.25, 0.3) is 0 Å². The van der Waals surface area contributed by atoms with Crippen LogP contribution in [0.3, 0.4) is 0 Å². The molecule has 0 saturated heterocycles. The van der Waals surface area contributed by atoms with Gasteiger partial charge in [-0.3, -0.25) is 4.79 Å². The van der Waals surface area contributed by atoms with Crippen LogP contribution in [0.4, 0.5) is 0 Å². The molecule has 0 unspecified atom stereocenters. The fourth-order valence-electron chi connectivity index (χ4n) is 2.68. The molecule has 1 aliphatic carbocycles. The highest BCUT2D eigenvalue weighted by Gasteiger charge is 2.36. The maximum absolute atomic E-state index is 12.4. The average molecular weight is 311 g/mol. The van der Waals surface area contributed by atoms with Gasteiger partial charge in [0.05, 0.1) is 21.1 Å². The number of thiocarbonyl (C=S) groups is 1. The van der Waals surface area contributed by atoms with E-state index < -0.39 is 5.54 Å². The quantitative estimate of drug-likeness (QED) is 0.842. The molecule has 3 nitrogen and oxygen atoms in total. The third-order valence-corrected chi connectivity index (χ3v) is 4.60. The lowest BCUT2D eigenvalue weighted by Gasteiger charge is -2.37. The second-order valence-electron chi connectivity index (χ2n) is 5.44. The van der Waals surface area contributed by atoms with E-state index in [2.05, 4.69) is 5.32 Å². The van der Waals surface area contributed by atoms with E-state index in [-0.39, 0.29) is 5.91 Å². The first-order valence-electron chi connectivity index (χ1n) is 6.83. The van der Waals surface area contributed by atoms with E-state index in [0.29, 0.717) is 15.6 Å². The molecule has 1 saturated carbocycles. The highest BCUT2D eigenvalue weighted by Crippen LogP contribution is 2.29. The minimum Gasteiger partial charge on any atom is -0.391 e. The molecule has 0 bridgehead atoms. The van der Waals surface area contributed by atoms with Crippen molar-refractivity contribution >= 4 is 34.7 Å². The second-order valence-corrected chi connectivity index (χ2v) is 6.29. The van der Waals surface area contributed by atoms with Gasteiger partial charge in [-0.1, -0.05) is 49.1 Å². The highest BCUT2D eigenvalue weighted by molar-refractivity contribution is 7.80. The maximum atomic E-state index is 12.4. The topological polar surface area (TPSA) is 55.1 Å². The number of aryl methyl sites for hydroxylation is 1. The number of hydrogen-bond donors (Lipinski definition) is 2. The van der Waals surface area contributed by atoms with Crippen molar-refractivity contribution in [3.05, 3.63) is 34.3 Å². The SMILES string of the molecule is Cc1ccc(C(=O)NC2(C(N)=S)CCCCC2)c(Cl)c1. The minimum absolute atomic E-state index is 0.204. The first-order valence-corrected chi connectivity index (χ1v) is 7.62. The van der Waals surface area contributed by atoms with E-state index in [1.54, 1.807) is 12.1 Å². The molecule has 20 heavy (non-hydrogen) atoms. The molecule has 3 N–H and O–H groups in total. The molecule has 108 valence electrons. The molecule has 0 radical (unpaired) electrons. The summed E-state index contributed by atoms with van der Waals surface area (Å²) in [4.78, 5) is 12.8. The van der Waals surface area contributed by atoms with Gasteiger partial charge in [-0.25, -0.2) is 0 Å². The molecular weight excluding hydrogens is 292 g/mol. The van der Waals surface area contributed by atoms with Crippen molar-refractivity contribution in [3.63, 3.8) is 0 Å². The Kier molecular flexibility index (Phi) is 4.66. The van der Waals surface area contributed by atoms with Crippen molar-refractivity contribution in [1.29, 1.82) is 0 Å². The molecule has 0 aliphatic heterocycles. The van der Waals surface area contributed by atoms with Gasteiger partial charge in [0.2, 0.25) is 0 Å². The zero-order valence-electron chi connectivity index (χ0n) is 11.5. The van der Waals surface area contributed by atoms with Gasteiger partial charge in [-0.05, 0) is 37.5 Å². The van der Waals surface area contributed by atoms with Crippen LogP contribution in [0, 0.1) is 6.92 Å². The summed E-state index contributed by atoms with van der Waals surface area (Å²) < 4.78 is 0. The molecule has 0 atom stereocenters. The van der Waals surface area contributed by atoms with Crippen LogP contribution >= 0.6 is 23.8 Å². The lowest BCUT2D eigenvalue weighted by Crippen LogP contribution is -2.57. The van der Waals surface area contributed by atoms with Crippen molar-refractivity contribution in [1.82, 2.24) is 5.32 Å². The summed E-state index contributed by atoms with van der Waals surface area (Å²) in [6, 6.07) is 5.39.